The van der Waals surface area contributed by atoms with Crippen LogP contribution in [0.4, 0.5) is 0 Å². The van der Waals surface area contributed by atoms with Gasteiger partial charge in [0.2, 0.25) is 0 Å². The average Bonchev–Trinajstić information content (AvgIpc) is 2.19. The number of rotatable bonds is 5. The predicted octanol–water partition coefficient (Wildman–Crippen LogP) is 2.64. The molecule has 1 aliphatic rings. The molecule has 0 saturated carbocycles. The highest BCUT2D eigenvalue weighted by atomic mass is 16.5. The van der Waals surface area contributed by atoms with Gasteiger partial charge in [0.15, 0.2) is 0 Å². The molecule has 0 radical (unpaired) electrons. The van der Waals surface area contributed by atoms with Crippen LogP contribution in [-0.2, 0) is 4.74 Å². The van der Waals surface area contributed by atoms with Crippen molar-refractivity contribution in [2.45, 2.75) is 38.7 Å². The summed E-state index contributed by atoms with van der Waals surface area (Å²) in [4.78, 5) is 0. The molecule has 14 heavy (non-hydrogen) atoms. The zero-order valence-electron chi connectivity index (χ0n) is 8.91. The number of allylic oxidation sites excluding steroid dienone is 2. The minimum Gasteiger partial charge on any atom is -0.499 e. The van der Waals surface area contributed by atoms with Crippen LogP contribution in [-0.4, -0.2) is 17.8 Å². The van der Waals surface area contributed by atoms with E-state index < -0.39 is 0 Å². The first-order chi connectivity index (χ1) is 6.74. The van der Waals surface area contributed by atoms with Crippen LogP contribution < -0.4 is 0 Å². The van der Waals surface area contributed by atoms with E-state index in [4.69, 9.17) is 4.74 Å². The number of aliphatic hydroxyl groups is 1. The van der Waals surface area contributed by atoms with E-state index in [1.54, 1.807) is 0 Å². The largest absolute Gasteiger partial charge is 0.499 e. The maximum atomic E-state index is 9.90. The molecule has 2 unspecified atom stereocenters. The molecule has 80 valence electrons. The highest BCUT2D eigenvalue weighted by molar-refractivity contribution is 4.95. The number of aliphatic hydroxyl groups excluding tert-OH is 1. The van der Waals surface area contributed by atoms with Crippen molar-refractivity contribution >= 4 is 0 Å². The van der Waals surface area contributed by atoms with E-state index >= 15 is 0 Å². The van der Waals surface area contributed by atoms with Crippen LogP contribution in [0.25, 0.3) is 0 Å². The van der Waals surface area contributed by atoms with Gasteiger partial charge in [-0.25, -0.2) is 0 Å². The van der Waals surface area contributed by atoms with Gasteiger partial charge >= 0.3 is 0 Å². The van der Waals surface area contributed by atoms with E-state index in [-0.39, 0.29) is 6.10 Å². The fraction of sp³-hybridized carbons (Fsp3) is 0.667. The van der Waals surface area contributed by atoms with Crippen molar-refractivity contribution in [3.8, 4) is 0 Å². The van der Waals surface area contributed by atoms with E-state index in [2.05, 4.69) is 18.7 Å². The molecular weight excluding hydrogens is 176 g/mol. The maximum absolute atomic E-state index is 9.90. The molecule has 1 N–H and O–H groups in total. The molecule has 2 atom stereocenters. The lowest BCUT2D eigenvalue weighted by molar-refractivity contribution is 0.0811. The summed E-state index contributed by atoms with van der Waals surface area (Å²) in [6.07, 6.45) is 7.77. The first-order valence-corrected chi connectivity index (χ1v) is 5.37. The fourth-order valence-electron chi connectivity index (χ4n) is 1.83. The fourth-order valence-corrected chi connectivity index (χ4v) is 1.83. The van der Waals surface area contributed by atoms with E-state index in [1.807, 2.05) is 6.92 Å². The summed E-state index contributed by atoms with van der Waals surface area (Å²) in [7, 11) is 0. The summed E-state index contributed by atoms with van der Waals surface area (Å²) in [5, 5.41) is 9.90. The molecule has 0 bridgehead atoms. The van der Waals surface area contributed by atoms with Crippen LogP contribution in [0.15, 0.2) is 24.5 Å². The van der Waals surface area contributed by atoms with Gasteiger partial charge in [0, 0.05) is 6.42 Å². The Bertz CT molecular complexity index is 208. The van der Waals surface area contributed by atoms with Crippen molar-refractivity contribution in [3.05, 3.63) is 24.5 Å². The summed E-state index contributed by atoms with van der Waals surface area (Å²) in [5.74, 6) is 1.09. The molecule has 2 heteroatoms. The Balaban J connectivity index is 2.29. The lowest BCUT2D eigenvalue weighted by Gasteiger charge is -2.24. The smallest absolute Gasteiger partial charge is 0.0913 e. The monoisotopic (exact) mass is 196 g/mol. The Morgan fingerprint density at radius 1 is 1.64 bits per heavy atom. The van der Waals surface area contributed by atoms with Gasteiger partial charge in [-0.2, -0.15) is 0 Å². The predicted molar refractivity (Wildman–Crippen MR) is 57.9 cm³/mol. The molecule has 0 fully saturated rings. The average molecular weight is 196 g/mol. The molecule has 0 heterocycles. The Morgan fingerprint density at radius 3 is 3.00 bits per heavy atom. The maximum Gasteiger partial charge on any atom is 0.0913 e. The molecule has 0 aliphatic heterocycles. The molecule has 0 spiro atoms. The molecule has 0 aromatic heterocycles. The molecule has 0 amide bonds. The minimum absolute atomic E-state index is 0.293. The van der Waals surface area contributed by atoms with E-state index in [1.165, 1.54) is 0 Å². The molecule has 0 aromatic rings. The Kier molecular flexibility index (Phi) is 4.74. The van der Waals surface area contributed by atoms with Crippen molar-refractivity contribution in [1.82, 2.24) is 0 Å². The highest BCUT2D eigenvalue weighted by Crippen LogP contribution is 2.25. The second kappa shape index (κ2) is 5.86. The second-order valence-electron chi connectivity index (χ2n) is 3.79. The van der Waals surface area contributed by atoms with Crippen molar-refractivity contribution in [1.29, 1.82) is 0 Å². The summed E-state index contributed by atoms with van der Waals surface area (Å²) in [5.41, 5.74) is 0. The second-order valence-corrected chi connectivity index (χ2v) is 3.79. The normalized spacial score (nSPS) is 23.1. The van der Waals surface area contributed by atoms with E-state index in [9.17, 15) is 5.11 Å². The SMILES string of the molecule is C=C(CC(O)C1CC=CCC1)OCC. The van der Waals surface area contributed by atoms with Crippen LogP contribution in [0.2, 0.25) is 0 Å². The number of hydrogen-bond acceptors (Lipinski definition) is 2. The summed E-state index contributed by atoms with van der Waals surface area (Å²) >= 11 is 0. The Hall–Kier alpha value is -0.760. The third kappa shape index (κ3) is 3.54. The standard InChI is InChI=1S/C12H20O2/c1-3-14-10(2)9-12(13)11-7-5-4-6-8-11/h4-5,11-13H,2-3,6-9H2,1H3. The first kappa shape index (κ1) is 11.3. The molecule has 0 aromatic carbocycles. The van der Waals surface area contributed by atoms with Crippen LogP contribution in [0.5, 0.6) is 0 Å². The van der Waals surface area contributed by atoms with E-state index in [0.717, 1.165) is 19.3 Å². The van der Waals surface area contributed by atoms with Crippen molar-refractivity contribution in [2.75, 3.05) is 6.61 Å². The zero-order valence-corrected chi connectivity index (χ0v) is 8.91. The van der Waals surface area contributed by atoms with Crippen LogP contribution >= 0.6 is 0 Å². The third-order valence-electron chi connectivity index (χ3n) is 2.64. The summed E-state index contributed by atoms with van der Waals surface area (Å²) in [6.45, 7) is 6.35. The van der Waals surface area contributed by atoms with Gasteiger partial charge in [0.25, 0.3) is 0 Å². The van der Waals surface area contributed by atoms with Crippen molar-refractivity contribution in [2.24, 2.45) is 5.92 Å². The lowest BCUT2D eigenvalue weighted by atomic mass is 9.88. The zero-order chi connectivity index (χ0) is 10.4. The Labute approximate surface area is 86.3 Å². The van der Waals surface area contributed by atoms with Crippen molar-refractivity contribution < 1.29 is 9.84 Å². The molecule has 1 aliphatic carbocycles. The van der Waals surface area contributed by atoms with Gasteiger partial charge in [-0.3, -0.25) is 0 Å². The minimum atomic E-state index is -0.293. The molecule has 1 rings (SSSR count). The number of hydrogen-bond donors (Lipinski definition) is 1. The summed E-state index contributed by atoms with van der Waals surface area (Å²) in [6, 6.07) is 0. The van der Waals surface area contributed by atoms with Crippen molar-refractivity contribution in [3.63, 3.8) is 0 Å². The quantitative estimate of drug-likeness (QED) is 0.541. The molecule has 2 nitrogen and oxygen atoms in total. The lowest BCUT2D eigenvalue weighted by Crippen LogP contribution is -2.22. The van der Waals surface area contributed by atoms with E-state index in [0.29, 0.717) is 24.7 Å². The van der Waals surface area contributed by atoms with Gasteiger partial charge in [0.1, 0.15) is 0 Å². The van der Waals surface area contributed by atoms with Gasteiger partial charge in [-0.05, 0) is 32.1 Å². The van der Waals surface area contributed by atoms with Gasteiger partial charge in [0.05, 0.1) is 18.5 Å². The van der Waals surface area contributed by atoms with Crippen LogP contribution in [0, 0.1) is 5.92 Å². The summed E-state index contributed by atoms with van der Waals surface area (Å²) < 4.78 is 5.23. The first-order valence-electron chi connectivity index (χ1n) is 5.37. The third-order valence-corrected chi connectivity index (χ3v) is 2.64. The van der Waals surface area contributed by atoms with Gasteiger partial charge in [-0.15, -0.1) is 0 Å². The molecular formula is C12H20O2. The van der Waals surface area contributed by atoms with Crippen LogP contribution in [0.3, 0.4) is 0 Å². The topological polar surface area (TPSA) is 29.5 Å². The molecule has 0 saturated heterocycles. The van der Waals surface area contributed by atoms with Gasteiger partial charge in [-0.1, -0.05) is 18.7 Å². The Morgan fingerprint density at radius 2 is 2.43 bits per heavy atom. The van der Waals surface area contributed by atoms with Crippen LogP contribution in [0.1, 0.15) is 32.6 Å². The van der Waals surface area contributed by atoms with Gasteiger partial charge < -0.3 is 9.84 Å². The highest BCUT2D eigenvalue weighted by Gasteiger charge is 2.20. The number of ether oxygens (including phenoxy) is 1.